The van der Waals surface area contributed by atoms with Gasteiger partial charge in [0.25, 0.3) is 0 Å². The summed E-state index contributed by atoms with van der Waals surface area (Å²) in [7, 11) is 3.27. The first-order chi connectivity index (χ1) is 13.5. The molecule has 0 aliphatic carbocycles. The van der Waals surface area contributed by atoms with Gasteiger partial charge in [0.1, 0.15) is 11.5 Å². The zero-order valence-electron chi connectivity index (χ0n) is 15.9. The third-order valence-electron chi connectivity index (χ3n) is 4.70. The first kappa shape index (κ1) is 21.0. The molecule has 0 radical (unpaired) electrons. The molecule has 0 atom stereocenters. The van der Waals surface area contributed by atoms with E-state index in [0.717, 1.165) is 55.5 Å². The zero-order chi connectivity index (χ0) is 20.1. The summed E-state index contributed by atoms with van der Waals surface area (Å²) in [4.78, 5) is 4.55. The molecule has 2 aromatic carbocycles. The molecule has 8 heteroatoms. The van der Waals surface area contributed by atoms with E-state index in [0.29, 0.717) is 15.2 Å². The number of benzene rings is 2. The van der Waals surface area contributed by atoms with Crippen LogP contribution in [0, 0.1) is 0 Å². The summed E-state index contributed by atoms with van der Waals surface area (Å²) in [6.07, 6.45) is 0. The maximum atomic E-state index is 6.12. The Morgan fingerprint density at radius 3 is 2.39 bits per heavy atom. The Bertz CT molecular complexity index is 842. The highest BCUT2D eigenvalue weighted by molar-refractivity contribution is 7.80. The molecule has 5 nitrogen and oxygen atoms in total. The van der Waals surface area contributed by atoms with Crippen LogP contribution in [0.25, 0.3) is 0 Å². The monoisotopic (exact) mass is 439 g/mol. The number of ether oxygens (including phenoxy) is 2. The number of nitrogens with zero attached hydrogens (tertiary/aromatic N) is 2. The van der Waals surface area contributed by atoms with E-state index >= 15 is 0 Å². The normalized spacial score (nSPS) is 14.6. The summed E-state index contributed by atoms with van der Waals surface area (Å²) < 4.78 is 10.7. The molecule has 28 heavy (non-hydrogen) atoms. The van der Waals surface area contributed by atoms with Gasteiger partial charge in [0.2, 0.25) is 0 Å². The van der Waals surface area contributed by atoms with Crippen LogP contribution in [-0.4, -0.2) is 55.3 Å². The van der Waals surface area contributed by atoms with Gasteiger partial charge in [-0.3, -0.25) is 4.90 Å². The largest absolute Gasteiger partial charge is 0.497 e. The first-order valence-electron chi connectivity index (χ1n) is 8.94. The van der Waals surface area contributed by atoms with E-state index in [4.69, 9.17) is 44.9 Å². The van der Waals surface area contributed by atoms with Gasteiger partial charge in [-0.1, -0.05) is 29.3 Å². The van der Waals surface area contributed by atoms with Crippen molar-refractivity contribution in [1.82, 2.24) is 9.80 Å². The van der Waals surface area contributed by atoms with Gasteiger partial charge in [0.05, 0.1) is 30.0 Å². The van der Waals surface area contributed by atoms with Gasteiger partial charge < -0.3 is 19.7 Å². The molecule has 2 aromatic rings. The van der Waals surface area contributed by atoms with Crippen LogP contribution in [0.15, 0.2) is 36.4 Å². The fourth-order valence-corrected chi connectivity index (χ4v) is 3.72. The van der Waals surface area contributed by atoms with Crippen LogP contribution in [0.4, 0.5) is 5.69 Å². The standard InChI is InChI=1S/C20H23Cl2N3O2S/c1-26-15-4-6-19(27-2)18(12-15)23-20(28)25-9-7-24(8-10-25)13-14-3-5-16(21)17(22)11-14/h3-6,11-12H,7-10,13H2,1-2H3,(H,23,28). The van der Waals surface area contributed by atoms with Crippen molar-refractivity contribution in [1.29, 1.82) is 0 Å². The molecule has 1 fully saturated rings. The molecule has 0 aromatic heterocycles. The average molecular weight is 440 g/mol. The second-order valence-electron chi connectivity index (χ2n) is 6.51. The van der Waals surface area contributed by atoms with Crippen molar-refractivity contribution >= 4 is 46.2 Å². The van der Waals surface area contributed by atoms with Crippen molar-refractivity contribution in [3.8, 4) is 11.5 Å². The van der Waals surface area contributed by atoms with Gasteiger partial charge in [-0.25, -0.2) is 0 Å². The first-order valence-corrected chi connectivity index (χ1v) is 10.1. The van der Waals surface area contributed by atoms with E-state index in [1.54, 1.807) is 14.2 Å². The van der Waals surface area contributed by atoms with E-state index in [1.165, 1.54) is 0 Å². The minimum atomic E-state index is 0.583. The van der Waals surface area contributed by atoms with Crippen LogP contribution in [0.3, 0.4) is 0 Å². The molecule has 0 saturated carbocycles. The highest BCUT2D eigenvalue weighted by Gasteiger charge is 2.20. The Balaban J connectivity index is 1.56. The fourth-order valence-electron chi connectivity index (χ4n) is 3.11. The number of hydrogen-bond acceptors (Lipinski definition) is 4. The van der Waals surface area contributed by atoms with E-state index in [9.17, 15) is 0 Å². The Hall–Kier alpha value is -1.73. The lowest BCUT2D eigenvalue weighted by atomic mass is 10.2. The summed E-state index contributed by atoms with van der Waals surface area (Å²) in [5, 5.41) is 5.14. The number of anilines is 1. The van der Waals surface area contributed by atoms with Crippen molar-refractivity contribution in [3.05, 3.63) is 52.0 Å². The third-order valence-corrected chi connectivity index (χ3v) is 5.80. The van der Waals surface area contributed by atoms with Crippen LogP contribution in [0.1, 0.15) is 5.56 Å². The van der Waals surface area contributed by atoms with Crippen LogP contribution in [-0.2, 0) is 6.54 Å². The van der Waals surface area contributed by atoms with Crippen molar-refractivity contribution < 1.29 is 9.47 Å². The summed E-state index contributed by atoms with van der Waals surface area (Å²) >= 11 is 17.7. The van der Waals surface area contributed by atoms with Crippen LogP contribution < -0.4 is 14.8 Å². The van der Waals surface area contributed by atoms with Gasteiger partial charge in [-0.15, -0.1) is 0 Å². The van der Waals surface area contributed by atoms with Gasteiger partial charge in [-0.05, 0) is 42.0 Å². The van der Waals surface area contributed by atoms with Gasteiger partial charge in [0, 0.05) is 38.8 Å². The zero-order valence-corrected chi connectivity index (χ0v) is 18.2. The van der Waals surface area contributed by atoms with E-state index in [-0.39, 0.29) is 0 Å². The number of methoxy groups -OCH3 is 2. The molecule has 150 valence electrons. The summed E-state index contributed by atoms with van der Waals surface area (Å²) in [6, 6.07) is 11.4. The minimum absolute atomic E-state index is 0.583. The van der Waals surface area contributed by atoms with E-state index in [2.05, 4.69) is 15.1 Å². The van der Waals surface area contributed by atoms with E-state index < -0.39 is 0 Å². The summed E-state index contributed by atoms with van der Waals surface area (Å²) in [5.74, 6) is 1.47. The third kappa shape index (κ3) is 5.20. The summed E-state index contributed by atoms with van der Waals surface area (Å²) in [5.41, 5.74) is 1.95. The smallest absolute Gasteiger partial charge is 0.173 e. The molecular formula is C20H23Cl2N3O2S. The summed E-state index contributed by atoms with van der Waals surface area (Å²) in [6.45, 7) is 4.36. The highest BCUT2D eigenvalue weighted by atomic mass is 35.5. The Morgan fingerprint density at radius 2 is 1.75 bits per heavy atom. The predicted molar refractivity (Wildman–Crippen MR) is 119 cm³/mol. The number of rotatable bonds is 5. The topological polar surface area (TPSA) is 37.0 Å². The molecule has 1 aliphatic rings. The van der Waals surface area contributed by atoms with E-state index in [1.807, 2.05) is 36.4 Å². The molecule has 3 rings (SSSR count). The number of thiocarbonyl (C=S) groups is 1. The lowest BCUT2D eigenvalue weighted by Crippen LogP contribution is -2.49. The molecule has 1 heterocycles. The molecule has 1 saturated heterocycles. The molecule has 0 spiro atoms. The average Bonchev–Trinajstić information content (AvgIpc) is 2.71. The molecule has 1 N–H and O–H groups in total. The van der Waals surface area contributed by atoms with Gasteiger partial charge >= 0.3 is 0 Å². The van der Waals surface area contributed by atoms with Crippen LogP contribution >= 0.6 is 35.4 Å². The van der Waals surface area contributed by atoms with Crippen LogP contribution in [0.5, 0.6) is 11.5 Å². The van der Waals surface area contributed by atoms with Gasteiger partial charge in [0.15, 0.2) is 5.11 Å². The quantitative estimate of drug-likeness (QED) is 0.689. The predicted octanol–water partition coefficient (Wildman–Crippen LogP) is 4.53. The van der Waals surface area contributed by atoms with Gasteiger partial charge in [-0.2, -0.15) is 0 Å². The second kappa shape index (κ2) is 9.65. The number of piperazine rings is 1. The molecular weight excluding hydrogens is 417 g/mol. The Kier molecular flexibility index (Phi) is 7.24. The maximum absolute atomic E-state index is 6.12. The molecule has 0 amide bonds. The van der Waals surface area contributed by atoms with Crippen molar-refractivity contribution in [2.75, 3.05) is 45.7 Å². The van der Waals surface area contributed by atoms with Crippen molar-refractivity contribution in [3.63, 3.8) is 0 Å². The van der Waals surface area contributed by atoms with Crippen molar-refractivity contribution in [2.24, 2.45) is 0 Å². The van der Waals surface area contributed by atoms with Crippen molar-refractivity contribution in [2.45, 2.75) is 6.54 Å². The number of hydrogen-bond donors (Lipinski definition) is 1. The Morgan fingerprint density at radius 1 is 1.00 bits per heavy atom. The second-order valence-corrected chi connectivity index (χ2v) is 7.71. The lowest BCUT2D eigenvalue weighted by Gasteiger charge is -2.36. The lowest BCUT2D eigenvalue weighted by molar-refractivity contribution is 0.177. The SMILES string of the molecule is COc1ccc(OC)c(NC(=S)N2CCN(Cc3ccc(Cl)c(Cl)c3)CC2)c1. The minimum Gasteiger partial charge on any atom is -0.497 e. The maximum Gasteiger partial charge on any atom is 0.173 e. The number of halogens is 2. The number of nitrogens with one attached hydrogen (secondary N) is 1. The molecule has 0 unspecified atom stereocenters. The molecule has 0 bridgehead atoms. The van der Waals surface area contributed by atoms with Crippen LogP contribution in [0.2, 0.25) is 10.0 Å². The highest BCUT2D eigenvalue weighted by Crippen LogP contribution is 2.29. The fraction of sp³-hybridized carbons (Fsp3) is 0.350. The molecule has 1 aliphatic heterocycles. The Labute approximate surface area is 181 Å².